The fourth-order valence-electron chi connectivity index (χ4n) is 3.73. The van der Waals surface area contributed by atoms with Crippen LogP contribution in [0, 0.1) is 0 Å². The Morgan fingerprint density at radius 3 is 2.52 bits per heavy atom. The number of carbonyl (C=O) groups is 1. The van der Waals surface area contributed by atoms with Crippen molar-refractivity contribution in [2.75, 3.05) is 23.3 Å². The highest BCUT2D eigenvalue weighted by Crippen LogP contribution is 2.28. The third kappa shape index (κ3) is 3.72. The van der Waals surface area contributed by atoms with E-state index in [1.54, 1.807) is 12.3 Å². The van der Waals surface area contributed by atoms with Crippen LogP contribution < -0.4 is 15.6 Å². The van der Waals surface area contributed by atoms with Gasteiger partial charge in [-0.25, -0.2) is 0 Å². The molecule has 0 radical (unpaired) electrons. The molecule has 1 fully saturated rings. The van der Waals surface area contributed by atoms with Crippen LogP contribution in [0.25, 0.3) is 10.9 Å². The second kappa shape index (κ2) is 7.66. The molecule has 1 aliphatic heterocycles. The number of carbonyl (C=O) groups excluding carboxylic acids is 1. The lowest BCUT2D eigenvalue weighted by atomic mass is 10.1. The van der Waals surface area contributed by atoms with Crippen molar-refractivity contribution in [1.82, 2.24) is 4.57 Å². The molecule has 3 aromatic rings. The van der Waals surface area contributed by atoms with Gasteiger partial charge in [-0.15, -0.1) is 0 Å². The quantitative estimate of drug-likeness (QED) is 0.772. The molecule has 4 rings (SSSR count). The summed E-state index contributed by atoms with van der Waals surface area (Å²) >= 11 is 0. The number of amides is 1. The van der Waals surface area contributed by atoms with Gasteiger partial charge in [-0.3, -0.25) is 9.59 Å². The van der Waals surface area contributed by atoms with Crippen molar-refractivity contribution in [2.24, 2.45) is 0 Å². The Bertz CT molecular complexity index is 1020. The number of rotatable bonds is 4. The molecule has 0 bridgehead atoms. The highest BCUT2D eigenvalue weighted by atomic mass is 16.2. The minimum Gasteiger partial charge on any atom is -0.370 e. The number of hydrogen-bond acceptors (Lipinski definition) is 3. The van der Waals surface area contributed by atoms with E-state index in [4.69, 9.17) is 0 Å². The second-order valence-electron chi connectivity index (χ2n) is 6.94. The van der Waals surface area contributed by atoms with Crippen LogP contribution in [0.2, 0.25) is 0 Å². The van der Waals surface area contributed by atoms with E-state index < -0.39 is 0 Å². The topological polar surface area (TPSA) is 54.3 Å². The SMILES string of the molecule is O=C(Cn1ccc(=O)c2ccccc21)Nc1ccccc1N1CCCCC1. The third-order valence-corrected chi connectivity index (χ3v) is 5.07. The number of pyridine rings is 1. The molecule has 138 valence electrons. The zero-order valence-electron chi connectivity index (χ0n) is 15.2. The Morgan fingerprint density at radius 2 is 1.67 bits per heavy atom. The minimum absolute atomic E-state index is 0.0299. The highest BCUT2D eigenvalue weighted by Gasteiger charge is 2.15. The van der Waals surface area contributed by atoms with Crippen molar-refractivity contribution in [3.05, 3.63) is 71.0 Å². The molecule has 5 heteroatoms. The van der Waals surface area contributed by atoms with E-state index in [1.807, 2.05) is 41.0 Å². The zero-order valence-corrected chi connectivity index (χ0v) is 15.2. The fraction of sp³-hybridized carbons (Fsp3) is 0.273. The van der Waals surface area contributed by atoms with Crippen LogP contribution in [0.3, 0.4) is 0 Å². The number of piperidine rings is 1. The summed E-state index contributed by atoms with van der Waals surface area (Å²) in [6.45, 7) is 2.21. The molecule has 5 nitrogen and oxygen atoms in total. The van der Waals surface area contributed by atoms with E-state index in [-0.39, 0.29) is 17.9 Å². The van der Waals surface area contributed by atoms with Gasteiger partial charge in [0.1, 0.15) is 6.54 Å². The molecule has 0 aliphatic carbocycles. The Kier molecular flexibility index (Phi) is 4.92. The van der Waals surface area contributed by atoms with Gasteiger partial charge >= 0.3 is 0 Å². The molecule has 0 saturated carbocycles. The molecule has 1 aliphatic rings. The molecule has 0 spiro atoms. The summed E-state index contributed by atoms with van der Waals surface area (Å²) < 4.78 is 1.82. The van der Waals surface area contributed by atoms with E-state index in [9.17, 15) is 9.59 Å². The van der Waals surface area contributed by atoms with Crippen LogP contribution in [0.4, 0.5) is 11.4 Å². The monoisotopic (exact) mass is 361 g/mol. The van der Waals surface area contributed by atoms with E-state index in [0.29, 0.717) is 5.39 Å². The molecule has 0 atom stereocenters. The number of anilines is 2. The average Bonchev–Trinajstić information content (AvgIpc) is 2.71. The lowest BCUT2D eigenvalue weighted by Crippen LogP contribution is -2.30. The highest BCUT2D eigenvalue weighted by molar-refractivity contribution is 5.95. The maximum atomic E-state index is 12.7. The van der Waals surface area contributed by atoms with Gasteiger partial charge in [0.05, 0.1) is 16.9 Å². The van der Waals surface area contributed by atoms with Crippen molar-refractivity contribution >= 4 is 28.2 Å². The standard InChI is InChI=1S/C22H23N3O2/c26-21-12-15-25(19-10-4-2-8-17(19)21)16-22(27)23-18-9-3-5-11-20(18)24-13-6-1-7-14-24/h2-5,8-12,15H,1,6-7,13-14,16H2,(H,23,27). The first-order valence-corrected chi connectivity index (χ1v) is 9.44. The Labute approximate surface area is 158 Å². The number of hydrogen-bond donors (Lipinski definition) is 1. The lowest BCUT2D eigenvalue weighted by molar-refractivity contribution is -0.116. The normalized spacial score (nSPS) is 14.3. The molecule has 0 unspecified atom stereocenters. The van der Waals surface area contributed by atoms with Crippen LogP contribution in [0.5, 0.6) is 0 Å². The lowest BCUT2D eigenvalue weighted by Gasteiger charge is -2.30. The van der Waals surface area contributed by atoms with Crippen molar-refractivity contribution < 1.29 is 4.79 Å². The summed E-state index contributed by atoms with van der Waals surface area (Å²) in [5.74, 6) is -0.103. The molecule has 1 N–H and O–H groups in total. The molecular formula is C22H23N3O2. The van der Waals surface area contributed by atoms with Crippen LogP contribution in [0.1, 0.15) is 19.3 Å². The number of benzene rings is 2. The molecule has 2 aromatic carbocycles. The summed E-state index contributed by atoms with van der Waals surface area (Å²) in [5, 5.41) is 3.68. The minimum atomic E-state index is -0.103. The third-order valence-electron chi connectivity index (χ3n) is 5.07. The number of fused-ring (bicyclic) bond motifs is 1. The van der Waals surface area contributed by atoms with Gasteiger partial charge in [-0.2, -0.15) is 0 Å². The number of nitrogens with one attached hydrogen (secondary N) is 1. The molecule has 2 heterocycles. The summed E-state index contributed by atoms with van der Waals surface area (Å²) in [6.07, 6.45) is 5.32. The van der Waals surface area contributed by atoms with E-state index >= 15 is 0 Å². The number of aromatic nitrogens is 1. The van der Waals surface area contributed by atoms with Gasteiger partial charge in [0.15, 0.2) is 5.43 Å². The van der Waals surface area contributed by atoms with Crippen LogP contribution in [-0.2, 0) is 11.3 Å². The second-order valence-corrected chi connectivity index (χ2v) is 6.94. The van der Waals surface area contributed by atoms with Gasteiger partial charge < -0.3 is 14.8 Å². The van der Waals surface area contributed by atoms with Crippen LogP contribution in [0.15, 0.2) is 65.6 Å². The maximum Gasteiger partial charge on any atom is 0.244 e. The molecule has 1 amide bonds. The molecule has 1 saturated heterocycles. The van der Waals surface area contributed by atoms with E-state index in [0.717, 1.165) is 30.0 Å². The van der Waals surface area contributed by atoms with Crippen molar-refractivity contribution in [1.29, 1.82) is 0 Å². The van der Waals surface area contributed by atoms with Crippen molar-refractivity contribution in [2.45, 2.75) is 25.8 Å². The zero-order chi connectivity index (χ0) is 18.6. The Balaban J connectivity index is 1.56. The first-order valence-electron chi connectivity index (χ1n) is 9.44. The number of para-hydroxylation sites is 3. The van der Waals surface area contributed by atoms with E-state index in [2.05, 4.69) is 16.3 Å². The maximum absolute atomic E-state index is 12.7. The van der Waals surface area contributed by atoms with Gasteiger partial charge in [0.25, 0.3) is 0 Å². The molecular weight excluding hydrogens is 338 g/mol. The first-order chi connectivity index (χ1) is 13.2. The average molecular weight is 361 g/mol. The summed E-state index contributed by atoms with van der Waals surface area (Å²) in [7, 11) is 0. The van der Waals surface area contributed by atoms with Crippen molar-refractivity contribution in [3.8, 4) is 0 Å². The molecule has 1 aromatic heterocycles. The van der Waals surface area contributed by atoms with E-state index in [1.165, 1.54) is 25.3 Å². The smallest absolute Gasteiger partial charge is 0.244 e. The van der Waals surface area contributed by atoms with Gasteiger partial charge in [-0.1, -0.05) is 24.3 Å². The first kappa shape index (κ1) is 17.3. The largest absolute Gasteiger partial charge is 0.370 e. The van der Waals surface area contributed by atoms with Gasteiger partial charge in [-0.05, 0) is 43.5 Å². The van der Waals surface area contributed by atoms with Gasteiger partial charge in [0, 0.05) is 30.7 Å². The summed E-state index contributed by atoms with van der Waals surface area (Å²) in [6, 6.07) is 16.8. The Hall–Kier alpha value is -3.08. The van der Waals surface area contributed by atoms with Crippen LogP contribution >= 0.6 is 0 Å². The number of nitrogens with zero attached hydrogens (tertiary/aromatic N) is 2. The Morgan fingerprint density at radius 1 is 0.926 bits per heavy atom. The van der Waals surface area contributed by atoms with Crippen molar-refractivity contribution in [3.63, 3.8) is 0 Å². The van der Waals surface area contributed by atoms with Crippen LogP contribution in [-0.4, -0.2) is 23.6 Å². The molecule has 27 heavy (non-hydrogen) atoms. The summed E-state index contributed by atoms with van der Waals surface area (Å²) in [5.41, 5.74) is 2.66. The predicted octanol–water partition coefficient (Wildman–Crippen LogP) is 3.63. The van der Waals surface area contributed by atoms with Gasteiger partial charge in [0.2, 0.25) is 5.91 Å². The predicted molar refractivity (Wildman–Crippen MR) is 109 cm³/mol. The summed E-state index contributed by atoms with van der Waals surface area (Å²) in [4.78, 5) is 27.1. The fourth-order valence-corrected chi connectivity index (χ4v) is 3.73.